The highest BCUT2D eigenvalue weighted by atomic mass is 16.7. The number of hydrogen-bond donors (Lipinski definition) is 0. The van der Waals surface area contributed by atoms with E-state index >= 15 is 0 Å². The SMILES string of the molecule is Cc1ccnc(CCc2ccc(OC(=O)N3CCC(On4ccnc4)CC3)cc2)c1. The Labute approximate surface area is 176 Å². The smallest absolute Gasteiger partial charge is 0.410 e. The van der Waals surface area contributed by atoms with Gasteiger partial charge in [0.1, 0.15) is 18.2 Å². The van der Waals surface area contributed by atoms with E-state index in [0.29, 0.717) is 18.8 Å². The number of ether oxygens (including phenoxy) is 1. The number of rotatable bonds is 6. The van der Waals surface area contributed by atoms with Gasteiger partial charge in [-0.1, -0.05) is 12.1 Å². The van der Waals surface area contributed by atoms with Gasteiger partial charge in [0.15, 0.2) is 0 Å². The molecule has 1 aliphatic heterocycles. The zero-order valence-electron chi connectivity index (χ0n) is 17.1. The molecular formula is C23H26N4O3. The van der Waals surface area contributed by atoms with Gasteiger partial charge >= 0.3 is 6.09 Å². The molecule has 2 aromatic heterocycles. The molecule has 1 fully saturated rings. The van der Waals surface area contributed by atoms with Crippen molar-refractivity contribution in [2.75, 3.05) is 13.1 Å². The number of amides is 1. The van der Waals surface area contributed by atoms with Crippen molar-refractivity contribution in [1.82, 2.24) is 19.6 Å². The molecule has 1 saturated heterocycles. The molecular weight excluding hydrogens is 380 g/mol. The average Bonchev–Trinajstić information content (AvgIpc) is 3.27. The van der Waals surface area contributed by atoms with Gasteiger partial charge in [-0.05, 0) is 55.2 Å². The summed E-state index contributed by atoms with van der Waals surface area (Å²) < 4.78 is 7.15. The molecule has 0 radical (unpaired) electrons. The Morgan fingerprint density at radius 1 is 1.10 bits per heavy atom. The van der Waals surface area contributed by atoms with Gasteiger partial charge in [0, 0.05) is 44.0 Å². The number of hydrogen-bond acceptors (Lipinski definition) is 5. The highest BCUT2D eigenvalue weighted by Crippen LogP contribution is 2.18. The summed E-state index contributed by atoms with van der Waals surface area (Å²) in [4.78, 5) is 28.3. The molecule has 7 nitrogen and oxygen atoms in total. The minimum absolute atomic E-state index is 0.0745. The summed E-state index contributed by atoms with van der Waals surface area (Å²) in [7, 11) is 0. The zero-order chi connectivity index (χ0) is 20.8. The maximum Gasteiger partial charge on any atom is 0.415 e. The summed E-state index contributed by atoms with van der Waals surface area (Å²) >= 11 is 0. The minimum Gasteiger partial charge on any atom is -0.410 e. The molecule has 0 saturated carbocycles. The second kappa shape index (κ2) is 9.43. The third-order valence-electron chi connectivity index (χ3n) is 5.22. The Balaban J connectivity index is 1.23. The van der Waals surface area contributed by atoms with Crippen LogP contribution >= 0.6 is 0 Å². The number of benzene rings is 1. The van der Waals surface area contributed by atoms with Gasteiger partial charge in [-0.15, -0.1) is 0 Å². The van der Waals surface area contributed by atoms with Crippen LogP contribution in [0.1, 0.15) is 29.7 Å². The number of aryl methyl sites for hydroxylation is 3. The van der Waals surface area contributed by atoms with Crippen molar-refractivity contribution < 1.29 is 14.4 Å². The molecule has 0 unspecified atom stereocenters. The van der Waals surface area contributed by atoms with Crippen molar-refractivity contribution in [2.24, 2.45) is 0 Å². The van der Waals surface area contributed by atoms with Crippen LogP contribution in [0.5, 0.6) is 5.75 Å². The lowest BCUT2D eigenvalue weighted by Crippen LogP contribution is -2.44. The third-order valence-corrected chi connectivity index (χ3v) is 5.22. The van der Waals surface area contributed by atoms with Crippen molar-refractivity contribution >= 4 is 6.09 Å². The summed E-state index contributed by atoms with van der Waals surface area (Å²) in [5.41, 5.74) is 3.50. The molecule has 3 aromatic rings. The van der Waals surface area contributed by atoms with Crippen LogP contribution in [0.15, 0.2) is 61.3 Å². The fourth-order valence-electron chi connectivity index (χ4n) is 3.52. The van der Waals surface area contributed by atoms with E-state index in [4.69, 9.17) is 9.57 Å². The number of pyridine rings is 1. The molecule has 1 amide bonds. The van der Waals surface area contributed by atoms with Crippen molar-refractivity contribution in [3.63, 3.8) is 0 Å². The van der Waals surface area contributed by atoms with E-state index in [-0.39, 0.29) is 12.2 Å². The van der Waals surface area contributed by atoms with Crippen molar-refractivity contribution in [3.8, 4) is 5.75 Å². The number of imidazole rings is 1. The largest absolute Gasteiger partial charge is 0.415 e. The van der Waals surface area contributed by atoms with Gasteiger partial charge < -0.3 is 14.5 Å². The average molecular weight is 406 g/mol. The second-order valence-corrected chi connectivity index (χ2v) is 7.55. The number of likely N-dealkylation sites (tertiary alicyclic amines) is 1. The maximum absolute atomic E-state index is 12.5. The van der Waals surface area contributed by atoms with Crippen LogP contribution in [0.4, 0.5) is 4.79 Å². The van der Waals surface area contributed by atoms with Crippen molar-refractivity contribution in [2.45, 2.75) is 38.7 Å². The van der Waals surface area contributed by atoms with Gasteiger partial charge in [0.05, 0.1) is 6.20 Å². The van der Waals surface area contributed by atoms with Crippen LogP contribution in [0.3, 0.4) is 0 Å². The van der Waals surface area contributed by atoms with E-state index in [2.05, 4.69) is 23.0 Å². The summed E-state index contributed by atoms with van der Waals surface area (Å²) in [5.74, 6) is 0.564. The highest BCUT2D eigenvalue weighted by molar-refractivity contribution is 5.70. The Morgan fingerprint density at radius 3 is 2.60 bits per heavy atom. The summed E-state index contributed by atoms with van der Waals surface area (Å²) in [6, 6.07) is 11.8. The van der Waals surface area contributed by atoms with E-state index in [9.17, 15) is 4.79 Å². The maximum atomic E-state index is 12.5. The molecule has 0 aliphatic carbocycles. The number of carbonyl (C=O) groups is 1. The van der Waals surface area contributed by atoms with Crippen LogP contribution in [0, 0.1) is 6.92 Å². The van der Waals surface area contributed by atoms with Crippen molar-refractivity contribution in [1.29, 1.82) is 0 Å². The molecule has 30 heavy (non-hydrogen) atoms. The molecule has 156 valence electrons. The fraction of sp³-hybridized carbons (Fsp3) is 0.348. The van der Waals surface area contributed by atoms with Gasteiger partial charge in [-0.2, -0.15) is 4.73 Å². The molecule has 0 bridgehead atoms. The molecule has 0 spiro atoms. The number of aromatic nitrogens is 3. The van der Waals surface area contributed by atoms with Gasteiger partial charge in [-0.25, -0.2) is 9.78 Å². The van der Waals surface area contributed by atoms with Crippen LogP contribution in [0.25, 0.3) is 0 Å². The second-order valence-electron chi connectivity index (χ2n) is 7.55. The lowest BCUT2D eigenvalue weighted by atomic mass is 10.1. The van der Waals surface area contributed by atoms with Gasteiger partial charge in [0.2, 0.25) is 0 Å². The predicted molar refractivity (Wildman–Crippen MR) is 112 cm³/mol. The Kier molecular flexibility index (Phi) is 6.27. The molecule has 7 heteroatoms. The van der Waals surface area contributed by atoms with Crippen molar-refractivity contribution in [3.05, 3.63) is 78.1 Å². The van der Waals surface area contributed by atoms with Gasteiger partial charge in [0.25, 0.3) is 0 Å². The van der Waals surface area contributed by atoms with Crippen LogP contribution in [0.2, 0.25) is 0 Å². The van der Waals surface area contributed by atoms with E-state index in [1.807, 2.05) is 36.5 Å². The lowest BCUT2D eigenvalue weighted by Gasteiger charge is -2.31. The first-order valence-corrected chi connectivity index (χ1v) is 10.3. The monoisotopic (exact) mass is 406 g/mol. The summed E-state index contributed by atoms with van der Waals surface area (Å²) in [6.07, 6.45) is 9.99. The predicted octanol–water partition coefficient (Wildman–Crippen LogP) is 3.46. The fourth-order valence-corrected chi connectivity index (χ4v) is 3.52. The highest BCUT2D eigenvalue weighted by Gasteiger charge is 2.25. The molecule has 0 atom stereocenters. The molecule has 1 aromatic carbocycles. The van der Waals surface area contributed by atoms with Gasteiger partial charge in [-0.3, -0.25) is 4.98 Å². The quantitative estimate of drug-likeness (QED) is 0.627. The van der Waals surface area contributed by atoms with Crippen LogP contribution in [-0.2, 0) is 12.8 Å². The summed E-state index contributed by atoms with van der Waals surface area (Å²) in [6.45, 7) is 3.29. The lowest BCUT2D eigenvalue weighted by molar-refractivity contribution is -0.0000188. The first-order valence-electron chi connectivity index (χ1n) is 10.3. The normalized spacial score (nSPS) is 14.5. The Bertz CT molecular complexity index is 949. The molecule has 0 N–H and O–H groups in total. The Hall–Kier alpha value is -3.35. The number of carbonyl (C=O) groups excluding carboxylic acids is 1. The van der Waals surface area contributed by atoms with Crippen LogP contribution < -0.4 is 9.57 Å². The standard InChI is InChI=1S/C23H26N4O3/c1-18-8-11-25-20(16-18)5-2-19-3-6-21(7-4-19)29-23(28)26-13-9-22(10-14-26)30-27-15-12-24-17-27/h3-4,6-8,11-12,15-17,22H,2,5,9-10,13-14H2,1H3. The van der Waals surface area contributed by atoms with E-state index < -0.39 is 0 Å². The van der Waals surface area contributed by atoms with E-state index in [0.717, 1.165) is 31.4 Å². The molecule has 3 heterocycles. The Morgan fingerprint density at radius 2 is 1.90 bits per heavy atom. The third kappa shape index (κ3) is 5.37. The first-order chi connectivity index (χ1) is 14.7. The molecule has 1 aliphatic rings. The minimum atomic E-state index is -0.312. The molecule has 4 rings (SSSR count). The summed E-state index contributed by atoms with van der Waals surface area (Å²) in [5, 5.41) is 0. The number of nitrogens with zero attached hydrogens (tertiary/aromatic N) is 4. The first kappa shape index (κ1) is 19.9. The number of piperidine rings is 1. The zero-order valence-corrected chi connectivity index (χ0v) is 17.1. The van der Waals surface area contributed by atoms with E-state index in [1.54, 1.807) is 28.4 Å². The van der Waals surface area contributed by atoms with E-state index in [1.165, 1.54) is 11.1 Å². The topological polar surface area (TPSA) is 69.5 Å². The van der Waals surface area contributed by atoms with Crippen LogP contribution in [-0.4, -0.2) is 44.9 Å².